The van der Waals surface area contributed by atoms with Crippen molar-refractivity contribution in [3.8, 4) is 12.3 Å². The van der Waals surface area contributed by atoms with Crippen LogP contribution in [0.4, 0.5) is 11.6 Å². The van der Waals surface area contributed by atoms with Crippen LogP contribution in [0, 0.1) is 19.3 Å². The van der Waals surface area contributed by atoms with Crippen molar-refractivity contribution in [2.45, 2.75) is 34.1 Å². The van der Waals surface area contributed by atoms with Gasteiger partial charge in [-0.2, -0.15) is 0 Å². The van der Waals surface area contributed by atoms with Crippen LogP contribution in [0.1, 0.15) is 32.9 Å². The fraction of sp³-hybridized carbons (Fsp3) is 0.500. The average molecular weight is 222 g/mol. The Morgan fingerprint density at radius 2 is 2.00 bits per heavy atom. The summed E-state index contributed by atoms with van der Waals surface area (Å²) >= 11 is 0. The molecule has 1 aromatic rings. The maximum atomic E-state index is 5.39. The lowest BCUT2D eigenvalue weighted by Gasteiger charge is -2.01. The quantitative estimate of drug-likeness (QED) is 0.716. The van der Waals surface area contributed by atoms with Crippen molar-refractivity contribution < 1.29 is 0 Å². The molecular formula is C12H22N4. The first kappa shape index (κ1) is 16.7. The Balaban J connectivity index is 0. The summed E-state index contributed by atoms with van der Waals surface area (Å²) < 4.78 is 0. The number of hydrogen-bond acceptors (Lipinski definition) is 4. The maximum Gasteiger partial charge on any atom is 0.149 e. The third-order valence-corrected chi connectivity index (χ3v) is 1.42. The molecule has 3 N–H and O–H groups in total. The summed E-state index contributed by atoms with van der Waals surface area (Å²) in [4.78, 5) is 7.99. The van der Waals surface area contributed by atoms with E-state index >= 15 is 0 Å². The molecule has 0 spiro atoms. The van der Waals surface area contributed by atoms with Gasteiger partial charge in [0.05, 0.1) is 11.9 Å². The normalized spacial score (nSPS) is 7.50. The second-order valence-corrected chi connectivity index (χ2v) is 2.54. The van der Waals surface area contributed by atoms with Gasteiger partial charge in [-0.1, -0.05) is 20.8 Å². The molecule has 0 aromatic carbocycles. The number of aryl methyl sites for hydroxylation is 1. The van der Waals surface area contributed by atoms with E-state index in [9.17, 15) is 0 Å². The summed E-state index contributed by atoms with van der Waals surface area (Å²) in [6.45, 7) is 7.82. The minimum Gasteiger partial charge on any atom is -0.382 e. The number of nitrogens with two attached hydrogens (primary N) is 1. The Morgan fingerprint density at radius 1 is 1.50 bits per heavy atom. The Morgan fingerprint density at radius 3 is 2.31 bits per heavy atom. The highest BCUT2D eigenvalue weighted by atomic mass is 15.0. The van der Waals surface area contributed by atoms with E-state index in [4.69, 9.17) is 12.2 Å². The summed E-state index contributed by atoms with van der Waals surface area (Å²) in [6, 6.07) is 0. The van der Waals surface area contributed by atoms with Gasteiger partial charge >= 0.3 is 0 Å². The molecule has 1 aromatic heterocycles. The number of anilines is 2. The van der Waals surface area contributed by atoms with E-state index in [-0.39, 0.29) is 0 Å². The van der Waals surface area contributed by atoms with Crippen molar-refractivity contribution in [1.29, 1.82) is 0 Å². The van der Waals surface area contributed by atoms with Gasteiger partial charge in [0, 0.05) is 13.5 Å². The van der Waals surface area contributed by atoms with Crippen molar-refractivity contribution in [3.05, 3.63) is 11.9 Å². The lowest BCUT2D eigenvalue weighted by molar-refractivity contribution is 1.12. The molecule has 0 unspecified atom stereocenters. The Hall–Kier alpha value is -1.76. The number of hydrogen-bond donors (Lipinski definition) is 2. The Labute approximate surface area is 98.7 Å². The first-order valence-electron chi connectivity index (χ1n) is 5.36. The number of terminal acetylenes is 1. The SMILES string of the molecule is C#CCC.CC.CNc1nc(N)cnc1C. The third-order valence-electron chi connectivity index (χ3n) is 1.42. The highest BCUT2D eigenvalue weighted by molar-refractivity contribution is 5.43. The van der Waals surface area contributed by atoms with Crippen LogP contribution in [-0.4, -0.2) is 17.0 Å². The van der Waals surface area contributed by atoms with Gasteiger partial charge in [0.15, 0.2) is 0 Å². The Bertz CT molecular complexity index is 315. The molecule has 0 aliphatic carbocycles. The van der Waals surface area contributed by atoms with E-state index < -0.39 is 0 Å². The standard InChI is InChI=1S/C6H10N4.C4H6.C2H6/c1-4-6(8-2)10-5(7)3-9-4;1-3-4-2;1-2/h3H,1-2H3,(H3,7,8,10);1H,4H2,2H3;1-2H3. The van der Waals surface area contributed by atoms with Gasteiger partial charge < -0.3 is 11.1 Å². The molecule has 0 aliphatic rings. The zero-order valence-electron chi connectivity index (χ0n) is 10.8. The minimum atomic E-state index is 0.440. The van der Waals surface area contributed by atoms with Gasteiger partial charge in [0.1, 0.15) is 11.6 Å². The highest BCUT2D eigenvalue weighted by Crippen LogP contribution is 2.07. The smallest absolute Gasteiger partial charge is 0.149 e. The molecular weight excluding hydrogens is 200 g/mol. The molecule has 0 saturated heterocycles. The van der Waals surface area contributed by atoms with Crippen LogP contribution in [-0.2, 0) is 0 Å². The van der Waals surface area contributed by atoms with Crippen molar-refractivity contribution in [3.63, 3.8) is 0 Å². The average Bonchev–Trinajstić information content (AvgIpc) is 2.35. The first-order chi connectivity index (χ1) is 7.65. The summed E-state index contributed by atoms with van der Waals surface area (Å²) in [7, 11) is 1.79. The second kappa shape index (κ2) is 11.3. The molecule has 16 heavy (non-hydrogen) atoms. The molecule has 0 fully saturated rings. The van der Waals surface area contributed by atoms with Gasteiger partial charge in [0.25, 0.3) is 0 Å². The van der Waals surface area contributed by atoms with E-state index in [0.717, 1.165) is 17.9 Å². The summed E-state index contributed by atoms with van der Waals surface area (Å²) in [5, 5.41) is 2.88. The monoisotopic (exact) mass is 222 g/mol. The highest BCUT2D eigenvalue weighted by Gasteiger charge is 1.96. The lowest BCUT2D eigenvalue weighted by atomic mass is 10.4. The van der Waals surface area contributed by atoms with Crippen LogP contribution in [0.25, 0.3) is 0 Å². The Kier molecular flexibility index (Phi) is 11.8. The summed E-state index contributed by atoms with van der Waals surface area (Å²) in [5.74, 6) is 3.61. The predicted molar refractivity (Wildman–Crippen MR) is 71.2 cm³/mol. The van der Waals surface area contributed by atoms with Gasteiger partial charge in [-0.05, 0) is 6.92 Å². The van der Waals surface area contributed by atoms with Crippen molar-refractivity contribution >= 4 is 11.6 Å². The second-order valence-electron chi connectivity index (χ2n) is 2.54. The van der Waals surface area contributed by atoms with E-state index in [1.54, 1.807) is 7.05 Å². The molecule has 0 aliphatic heterocycles. The molecule has 1 heterocycles. The van der Waals surface area contributed by atoms with Crippen molar-refractivity contribution in [1.82, 2.24) is 9.97 Å². The molecule has 90 valence electrons. The molecule has 0 atom stereocenters. The van der Waals surface area contributed by atoms with Crippen LogP contribution in [0.3, 0.4) is 0 Å². The molecule has 1 rings (SSSR count). The predicted octanol–water partition coefficient (Wildman–Crippen LogP) is 2.46. The number of nitrogens with zero attached hydrogens (tertiary/aromatic N) is 2. The first-order valence-corrected chi connectivity index (χ1v) is 5.36. The molecule has 0 saturated carbocycles. The minimum absolute atomic E-state index is 0.440. The van der Waals surface area contributed by atoms with Crippen LogP contribution >= 0.6 is 0 Å². The van der Waals surface area contributed by atoms with E-state index in [2.05, 4.69) is 21.2 Å². The zero-order valence-corrected chi connectivity index (χ0v) is 10.8. The topological polar surface area (TPSA) is 63.8 Å². The molecule has 4 nitrogen and oxygen atoms in total. The number of nitrogens with one attached hydrogen (secondary N) is 1. The van der Waals surface area contributed by atoms with Crippen molar-refractivity contribution in [2.75, 3.05) is 18.1 Å². The van der Waals surface area contributed by atoms with Gasteiger partial charge in [-0.3, -0.25) is 4.98 Å². The van der Waals surface area contributed by atoms with Crippen LogP contribution in [0.5, 0.6) is 0 Å². The van der Waals surface area contributed by atoms with Gasteiger partial charge in [-0.15, -0.1) is 12.3 Å². The molecule has 4 heteroatoms. The maximum absolute atomic E-state index is 5.39. The van der Waals surface area contributed by atoms with Crippen LogP contribution in [0.15, 0.2) is 6.20 Å². The molecule has 0 bridgehead atoms. The van der Waals surface area contributed by atoms with Gasteiger partial charge in [-0.25, -0.2) is 4.98 Å². The number of rotatable bonds is 1. The van der Waals surface area contributed by atoms with Crippen molar-refractivity contribution in [2.24, 2.45) is 0 Å². The fourth-order valence-electron chi connectivity index (χ4n) is 0.700. The lowest BCUT2D eigenvalue weighted by Crippen LogP contribution is -2.00. The van der Waals surface area contributed by atoms with E-state index in [1.807, 2.05) is 27.7 Å². The largest absolute Gasteiger partial charge is 0.382 e. The van der Waals surface area contributed by atoms with E-state index in [0.29, 0.717) is 5.82 Å². The van der Waals surface area contributed by atoms with Crippen LogP contribution < -0.4 is 11.1 Å². The summed E-state index contributed by atoms with van der Waals surface area (Å²) in [6.07, 6.45) is 7.16. The van der Waals surface area contributed by atoms with Crippen LogP contribution in [0.2, 0.25) is 0 Å². The number of aromatic nitrogens is 2. The third kappa shape index (κ3) is 7.63. The van der Waals surface area contributed by atoms with Gasteiger partial charge in [0.2, 0.25) is 0 Å². The summed E-state index contributed by atoms with van der Waals surface area (Å²) in [5.41, 5.74) is 6.25. The molecule has 0 radical (unpaired) electrons. The van der Waals surface area contributed by atoms with E-state index in [1.165, 1.54) is 6.20 Å². The fourth-order valence-corrected chi connectivity index (χ4v) is 0.700. The number of nitrogen functional groups attached to an aromatic ring is 1. The molecule has 0 amide bonds. The zero-order chi connectivity index (χ0) is 13.0.